The fraction of sp³-hybridized carbons (Fsp3) is 0.571. The fourth-order valence-electron chi connectivity index (χ4n) is 1.21. The summed E-state index contributed by atoms with van der Waals surface area (Å²) in [7, 11) is 0. The van der Waals surface area contributed by atoms with E-state index < -0.39 is 5.97 Å². The molecule has 0 spiro atoms. The van der Waals surface area contributed by atoms with Crippen molar-refractivity contribution >= 4 is 5.97 Å². The van der Waals surface area contributed by atoms with E-state index in [-0.39, 0.29) is 5.92 Å². The lowest BCUT2D eigenvalue weighted by molar-refractivity contribution is -0.138. The molecule has 1 N–H and O–H groups in total. The largest absolute Gasteiger partial charge is 0.481 e. The number of rotatable bonds is 2. The molecule has 0 saturated carbocycles. The van der Waals surface area contributed by atoms with Crippen LogP contribution in [0.5, 0.6) is 0 Å². The van der Waals surface area contributed by atoms with Crippen LogP contribution < -0.4 is 0 Å². The van der Waals surface area contributed by atoms with Gasteiger partial charge in [-0.2, -0.15) is 0 Å². The maximum absolute atomic E-state index is 10.3. The van der Waals surface area contributed by atoms with E-state index in [1.54, 1.807) is 0 Å². The molecule has 1 rings (SSSR count). The molecule has 1 aliphatic rings. The van der Waals surface area contributed by atoms with Crippen LogP contribution in [-0.2, 0) is 4.79 Å². The Kier molecular flexibility index (Phi) is 1.31. The Morgan fingerprint density at radius 3 is 2.44 bits per heavy atom. The second kappa shape index (κ2) is 1.87. The molecule has 1 atom stereocenters. The van der Waals surface area contributed by atoms with E-state index in [1.165, 1.54) is 0 Å². The number of carboxylic acids is 1. The number of carbonyl (C=O) groups is 1. The van der Waals surface area contributed by atoms with E-state index in [0.29, 0.717) is 0 Å². The molecule has 2 heteroatoms. The minimum absolute atomic E-state index is 0.199. The Labute approximate surface area is 54.2 Å². The quantitative estimate of drug-likeness (QED) is 0.568. The van der Waals surface area contributed by atoms with Crippen molar-refractivity contribution in [2.24, 2.45) is 5.92 Å². The summed E-state index contributed by atoms with van der Waals surface area (Å²) in [5, 5.41) is 8.48. The Hall–Kier alpha value is -0.790. The maximum Gasteiger partial charge on any atom is 0.314 e. The second-order valence-electron chi connectivity index (χ2n) is 2.33. The van der Waals surface area contributed by atoms with Crippen molar-refractivity contribution < 1.29 is 9.90 Å². The topological polar surface area (TPSA) is 37.3 Å². The zero-order valence-corrected chi connectivity index (χ0v) is 5.64. The van der Waals surface area contributed by atoms with Crippen molar-refractivity contribution in [3.05, 3.63) is 11.1 Å². The number of carboxylic acid groups (broad SMARTS) is 1. The molecule has 0 aliphatic heterocycles. The Morgan fingerprint density at radius 2 is 2.33 bits per heavy atom. The van der Waals surface area contributed by atoms with Gasteiger partial charge in [-0.25, -0.2) is 0 Å². The number of hydrogen-bond donors (Lipinski definition) is 1. The van der Waals surface area contributed by atoms with Crippen LogP contribution in [0.15, 0.2) is 11.1 Å². The molecule has 0 saturated heterocycles. The zero-order valence-electron chi connectivity index (χ0n) is 5.64. The van der Waals surface area contributed by atoms with Crippen LogP contribution in [0.4, 0.5) is 0 Å². The van der Waals surface area contributed by atoms with Crippen LogP contribution in [-0.4, -0.2) is 11.1 Å². The van der Waals surface area contributed by atoms with Crippen LogP contribution in [0.2, 0.25) is 0 Å². The third-order valence-corrected chi connectivity index (χ3v) is 1.83. The third-order valence-electron chi connectivity index (χ3n) is 1.83. The second-order valence-corrected chi connectivity index (χ2v) is 2.33. The molecule has 2 nitrogen and oxygen atoms in total. The highest BCUT2D eigenvalue weighted by Crippen LogP contribution is 2.40. The summed E-state index contributed by atoms with van der Waals surface area (Å²) in [5.74, 6) is -0.889. The van der Waals surface area contributed by atoms with Gasteiger partial charge in [0.2, 0.25) is 0 Å². The average molecular weight is 126 g/mol. The van der Waals surface area contributed by atoms with Gasteiger partial charge in [-0.05, 0) is 13.3 Å². The highest BCUT2D eigenvalue weighted by atomic mass is 16.4. The molecule has 9 heavy (non-hydrogen) atoms. The van der Waals surface area contributed by atoms with Gasteiger partial charge in [-0.15, -0.1) is 0 Å². The van der Waals surface area contributed by atoms with Gasteiger partial charge in [-0.3, -0.25) is 4.79 Å². The van der Waals surface area contributed by atoms with Gasteiger partial charge >= 0.3 is 5.97 Å². The van der Waals surface area contributed by atoms with Crippen molar-refractivity contribution in [2.75, 3.05) is 0 Å². The van der Waals surface area contributed by atoms with E-state index in [0.717, 1.165) is 17.6 Å². The van der Waals surface area contributed by atoms with Crippen molar-refractivity contribution in [3.8, 4) is 0 Å². The molecule has 0 heterocycles. The van der Waals surface area contributed by atoms with E-state index in [1.807, 2.05) is 13.8 Å². The molecule has 0 fully saturated rings. The minimum atomic E-state index is -0.690. The summed E-state index contributed by atoms with van der Waals surface area (Å²) in [4.78, 5) is 10.3. The highest BCUT2D eigenvalue weighted by molar-refractivity contribution is 5.83. The first-order chi connectivity index (χ1) is 4.18. The third kappa shape index (κ3) is 0.846. The Balaban J connectivity index is 2.52. The first-order valence-electron chi connectivity index (χ1n) is 3.10. The van der Waals surface area contributed by atoms with Crippen LogP contribution in [0, 0.1) is 5.92 Å². The lowest BCUT2D eigenvalue weighted by Crippen LogP contribution is -2.00. The van der Waals surface area contributed by atoms with Crippen molar-refractivity contribution in [1.29, 1.82) is 0 Å². The molecule has 0 bridgehead atoms. The zero-order chi connectivity index (χ0) is 7.02. The van der Waals surface area contributed by atoms with E-state index in [9.17, 15) is 4.79 Å². The lowest BCUT2D eigenvalue weighted by Gasteiger charge is -1.87. The maximum atomic E-state index is 10.3. The summed E-state index contributed by atoms with van der Waals surface area (Å²) < 4.78 is 0. The summed E-state index contributed by atoms with van der Waals surface area (Å²) >= 11 is 0. The molecule has 1 unspecified atom stereocenters. The molecular weight excluding hydrogens is 116 g/mol. The molecule has 1 aliphatic carbocycles. The van der Waals surface area contributed by atoms with E-state index in [2.05, 4.69) is 0 Å². The van der Waals surface area contributed by atoms with Crippen LogP contribution in [0.1, 0.15) is 20.3 Å². The van der Waals surface area contributed by atoms with Gasteiger partial charge in [0, 0.05) is 0 Å². The SMILES string of the molecule is CCC1=C(C)C1C(=O)O. The molecule has 0 aromatic heterocycles. The van der Waals surface area contributed by atoms with Gasteiger partial charge in [0.25, 0.3) is 0 Å². The van der Waals surface area contributed by atoms with Crippen LogP contribution >= 0.6 is 0 Å². The van der Waals surface area contributed by atoms with E-state index >= 15 is 0 Å². The summed E-state index contributed by atoms with van der Waals surface area (Å²) in [5.41, 5.74) is 2.17. The first-order valence-corrected chi connectivity index (χ1v) is 3.10. The van der Waals surface area contributed by atoms with E-state index in [4.69, 9.17) is 5.11 Å². The van der Waals surface area contributed by atoms with Crippen LogP contribution in [0.3, 0.4) is 0 Å². The predicted molar refractivity (Wildman–Crippen MR) is 34.1 cm³/mol. The fourth-order valence-corrected chi connectivity index (χ4v) is 1.21. The average Bonchev–Trinajstić information content (AvgIpc) is 2.40. The predicted octanol–water partition coefficient (Wildman–Crippen LogP) is 1.43. The van der Waals surface area contributed by atoms with Gasteiger partial charge in [0.15, 0.2) is 0 Å². The van der Waals surface area contributed by atoms with Crippen molar-refractivity contribution in [3.63, 3.8) is 0 Å². The van der Waals surface area contributed by atoms with Crippen molar-refractivity contribution in [1.82, 2.24) is 0 Å². The number of hydrogen-bond acceptors (Lipinski definition) is 1. The first kappa shape index (κ1) is 6.33. The highest BCUT2D eigenvalue weighted by Gasteiger charge is 2.37. The summed E-state index contributed by atoms with van der Waals surface area (Å²) in [6.45, 7) is 3.87. The molecular formula is C7H10O2. The lowest BCUT2D eigenvalue weighted by atomic mass is 10.2. The van der Waals surface area contributed by atoms with Gasteiger partial charge < -0.3 is 5.11 Å². The van der Waals surface area contributed by atoms with Crippen molar-refractivity contribution in [2.45, 2.75) is 20.3 Å². The monoisotopic (exact) mass is 126 g/mol. The minimum Gasteiger partial charge on any atom is -0.481 e. The molecule has 0 aromatic carbocycles. The Bertz CT molecular complexity index is 179. The summed E-state index contributed by atoms with van der Waals surface area (Å²) in [6.07, 6.45) is 0.892. The molecule has 0 amide bonds. The smallest absolute Gasteiger partial charge is 0.314 e. The van der Waals surface area contributed by atoms with Gasteiger partial charge in [0.1, 0.15) is 0 Å². The molecule has 0 aromatic rings. The van der Waals surface area contributed by atoms with Crippen LogP contribution in [0.25, 0.3) is 0 Å². The molecule has 50 valence electrons. The normalized spacial score (nSPS) is 24.4. The van der Waals surface area contributed by atoms with Gasteiger partial charge in [-0.1, -0.05) is 18.1 Å². The Morgan fingerprint density at radius 1 is 1.78 bits per heavy atom. The standard InChI is InChI=1S/C7H10O2/c1-3-5-4(2)6(5)7(8)9/h6H,3H2,1-2H3,(H,8,9). The van der Waals surface area contributed by atoms with Gasteiger partial charge in [0.05, 0.1) is 5.92 Å². The molecule has 0 radical (unpaired) electrons. The summed E-state index contributed by atoms with van der Waals surface area (Å²) in [6, 6.07) is 0. The number of aliphatic carboxylic acids is 1.